The van der Waals surface area contributed by atoms with Gasteiger partial charge in [-0.15, -0.1) is 0 Å². The number of carboxylic acid groups (broad SMARTS) is 1. The monoisotopic (exact) mass is 261 g/mol. The molecule has 0 aromatic carbocycles. The van der Waals surface area contributed by atoms with Crippen LogP contribution in [0, 0.1) is 0 Å². The van der Waals surface area contributed by atoms with Crippen LogP contribution in [0.1, 0.15) is 6.42 Å². The number of aliphatic carboxylic acids is 1. The number of likely N-dealkylation sites (N-methyl/N-ethyl adjacent to an activating group) is 1. The van der Waals surface area contributed by atoms with Crippen LogP contribution in [0.25, 0.3) is 0 Å². The fraction of sp³-hybridized carbons (Fsp3) is 0.700. The van der Waals surface area contributed by atoms with E-state index in [2.05, 4.69) is 15.4 Å². The van der Waals surface area contributed by atoms with Crippen molar-refractivity contribution in [1.29, 1.82) is 0 Å². The predicted molar refractivity (Wildman–Crippen MR) is 63.1 cm³/mol. The second-order valence-corrected chi connectivity index (χ2v) is 3.87. The number of esters is 1. The van der Waals surface area contributed by atoms with E-state index in [0.29, 0.717) is 13.1 Å². The van der Waals surface area contributed by atoms with Crippen molar-refractivity contribution in [2.45, 2.75) is 12.5 Å². The molecule has 2 amide bonds. The molecule has 0 saturated carbocycles. The number of rotatable bonds is 7. The average Bonchev–Trinajstić information content (AvgIpc) is 2.27. The first-order valence-corrected chi connectivity index (χ1v) is 5.35. The summed E-state index contributed by atoms with van der Waals surface area (Å²) in [5.41, 5.74) is 0. The lowest BCUT2D eigenvalue weighted by molar-refractivity contribution is -0.147. The van der Waals surface area contributed by atoms with Crippen LogP contribution in [0.15, 0.2) is 0 Å². The fourth-order valence-electron chi connectivity index (χ4n) is 1.05. The molecule has 0 spiro atoms. The largest absolute Gasteiger partial charge is 0.480 e. The molecule has 8 heteroatoms. The van der Waals surface area contributed by atoms with Crippen molar-refractivity contribution in [3.8, 4) is 0 Å². The molecule has 18 heavy (non-hydrogen) atoms. The minimum Gasteiger partial charge on any atom is -0.480 e. The van der Waals surface area contributed by atoms with Crippen molar-refractivity contribution < 1.29 is 24.2 Å². The molecule has 0 aliphatic rings. The lowest BCUT2D eigenvalue weighted by atomic mass is 10.2. The Morgan fingerprint density at radius 3 is 2.39 bits per heavy atom. The molecule has 0 rings (SSSR count). The maximum Gasteiger partial charge on any atom is 0.326 e. The van der Waals surface area contributed by atoms with Crippen molar-refractivity contribution >= 4 is 18.0 Å². The molecule has 0 saturated heterocycles. The van der Waals surface area contributed by atoms with Gasteiger partial charge in [0.25, 0.3) is 0 Å². The Hall–Kier alpha value is -1.83. The Kier molecular flexibility index (Phi) is 7.45. The summed E-state index contributed by atoms with van der Waals surface area (Å²) >= 11 is 0. The molecule has 0 aromatic heterocycles. The van der Waals surface area contributed by atoms with E-state index in [-0.39, 0.29) is 0 Å². The summed E-state index contributed by atoms with van der Waals surface area (Å²) in [6, 6.07) is -1.93. The van der Waals surface area contributed by atoms with Crippen LogP contribution in [0.4, 0.5) is 4.79 Å². The van der Waals surface area contributed by atoms with Crippen molar-refractivity contribution in [2.75, 3.05) is 34.3 Å². The number of carboxylic acids is 1. The Morgan fingerprint density at radius 2 is 1.94 bits per heavy atom. The van der Waals surface area contributed by atoms with Crippen LogP contribution in [-0.2, 0) is 14.3 Å². The summed E-state index contributed by atoms with van der Waals surface area (Å²) in [5, 5.41) is 13.5. The first-order chi connectivity index (χ1) is 8.36. The number of methoxy groups -OCH3 is 1. The lowest BCUT2D eigenvalue weighted by Crippen LogP contribution is -2.48. The van der Waals surface area contributed by atoms with E-state index in [1.54, 1.807) is 0 Å². The zero-order valence-corrected chi connectivity index (χ0v) is 10.7. The third-order valence-corrected chi connectivity index (χ3v) is 2.05. The van der Waals surface area contributed by atoms with Crippen LogP contribution in [-0.4, -0.2) is 68.3 Å². The molecule has 3 N–H and O–H groups in total. The SMILES string of the molecule is COC(=O)C[C@H](NC(=O)NCCN(C)C)C(=O)O. The molecule has 0 bridgehead atoms. The van der Waals surface area contributed by atoms with E-state index < -0.39 is 30.4 Å². The Bertz CT molecular complexity index is 306. The van der Waals surface area contributed by atoms with Crippen molar-refractivity contribution in [3.05, 3.63) is 0 Å². The van der Waals surface area contributed by atoms with E-state index in [0.717, 1.165) is 7.11 Å². The zero-order chi connectivity index (χ0) is 14.1. The molecule has 104 valence electrons. The third kappa shape index (κ3) is 7.44. The summed E-state index contributed by atoms with van der Waals surface area (Å²) in [6.45, 7) is 1.01. The van der Waals surface area contributed by atoms with Gasteiger partial charge in [0.2, 0.25) is 0 Å². The number of carbonyl (C=O) groups excluding carboxylic acids is 2. The number of amides is 2. The van der Waals surface area contributed by atoms with Gasteiger partial charge >= 0.3 is 18.0 Å². The highest BCUT2D eigenvalue weighted by Gasteiger charge is 2.23. The number of urea groups is 1. The Morgan fingerprint density at radius 1 is 1.33 bits per heavy atom. The van der Waals surface area contributed by atoms with Gasteiger partial charge < -0.3 is 25.4 Å². The van der Waals surface area contributed by atoms with Gasteiger partial charge in [0.1, 0.15) is 6.04 Å². The van der Waals surface area contributed by atoms with Crippen LogP contribution >= 0.6 is 0 Å². The smallest absolute Gasteiger partial charge is 0.326 e. The van der Waals surface area contributed by atoms with E-state index in [1.807, 2.05) is 19.0 Å². The third-order valence-electron chi connectivity index (χ3n) is 2.05. The molecule has 8 nitrogen and oxygen atoms in total. The molecule has 0 heterocycles. The van der Waals surface area contributed by atoms with Crippen molar-refractivity contribution in [1.82, 2.24) is 15.5 Å². The predicted octanol–water partition coefficient (Wildman–Crippen LogP) is -1.14. The molecular weight excluding hydrogens is 242 g/mol. The number of nitrogens with one attached hydrogen (secondary N) is 2. The molecule has 0 aliphatic carbocycles. The topological polar surface area (TPSA) is 108 Å². The standard InChI is InChI=1S/C10H19N3O5/c1-13(2)5-4-11-10(17)12-7(9(15)16)6-8(14)18-3/h7H,4-6H2,1-3H3,(H,15,16)(H2,11,12,17)/t7-/m0/s1. The van der Waals surface area contributed by atoms with Gasteiger partial charge in [-0.25, -0.2) is 9.59 Å². The second kappa shape index (κ2) is 8.29. The van der Waals surface area contributed by atoms with Gasteiger partial charge in [-0.2, -0.15) is 0 Å². The number of ether oxygens (including phenoxy) is 1. The summed E-state index contributed by atoms with van der Waals surface area (Å²) in [5.74, 6) is -1.99. The number of hydrogen-bond donors (Lipinski definition) is 3. The number of hydrogen-bond acceptors (Lipinski definition) is 5. The van der Waals surface area contributed by atoms with Crippen molar-refractivity contribution in [2.24, 2.45) is 0 Å². The van der Waals surface area contributed by atoms with E-state index in [4.69, 9.17) is 5.11 Å². The molecule has 0 aromatic rings. The van der Waals surface area contributed by atoms with Gasteiger partial charge in [-0.05, 0) is 14.1 Å². The van der Waals surface area contributed by atoms with E-state index in [1.165, 1.54) is 0 Å². The average molecular weight is 261 g/mol. The second-order valence-electron chi connectivity index (χ2n) is 3.87. The molecule has 0 aliphatic heterocycles. The lowest BCUT2D eigenvalue weighted by Gasteiger charge is -2.15. The van der Waals surface area contributed by atoms with Gasteiger partial charge in [0, 0.05) is 13.1 Å². The van der Waals surface area contributed by atoms with E-state index >= 15 is 0 Å². The highest BCUT2D eigenvalue weighted by molar-refractivity contribution is 5.86. The van der Waals surface area contributed by atoms with Crippen LogP contribution in [0.5, 0.6) is 0 Å². The minimum absolute atomic E-state index is 0.378. The number of carbonyl (C=O) groups is 3. The summed E-state index contributed by atoms with van der Waals surface area (Å²) in [4.78, 5) is 35.0. The molecule has 1 atom stereocenters. The summed E-state index contributed by atoms with van der Waals surface area (Å²) in [7, 11) is 4.84. The highest BCUT2D eigenvalue weighted by atomic mass is 16.5. The van der Waals surface area contributed by atoms with Crippen molar-refractivity contribution in [3.63, 3.8) is 0 Å². The van der Waals surface area contributed by atoms with Gasteiger partial charge in [-0.3, -0.25) is 4.79 Å². The summed E-state index contributed by atoms with van der Waals surface area (Å²) in [6.07, 6.45) is -0.410. The highest BCUT2D eigenvalue weighted by Crippen LogP contribution is 1.94. The van der Waals surface area contributed by atoms with Gasteiger partial charge in [-0.1, -0.05) is 0 Å². The van der Waals surface area contributed by atoms with Gasteiger partial charge in [0.15, 0.2) is 0 Å². The quantitative estimate of drug-likeness (QED) is 0.500. The Balaban J connectivity index is 4.12. The summed E-state index contributed by atoms with van der Waals surface area (Å²) < 4.78 is 4.34. The maximum absolute atomic E-state index is 11.4. The maximum atomic E-state index is 11.4. The van der Waals surface area contributed by atoms with Crippen LogP contribution < -0.4 is 10.6 Å². The Labute approximate surface area is 105 Å². The molecule has 0 radical (unpaired) electrons. The van der Waals surface area contributed by atoms with Gasteiger partial charge in [0.05, 0.1) is 13.5 Å². The normalized spacial score (nSPS) is 11.8. The number of nitrogens with zero attached hydrogens (tertiary/aromatic N) is 1. The first kappa shape index (κ1) is 16.2. The minimum atomic E-state index is -1.29. The zero-order valence-electron chi connectivity index (χ0n) is 10.7. The fourth-order valence-corrected chi connectivity index (χ4v) is 1.05. The van der Waals surface area contributed by atoms with E-state index in [9.17, 15) is 14.4 Å². The van der Waals surface area contributed by atoms with Crippen LogP contribution in [0.2, 0.25) is 0 Å². The molecular formula is C10H19N3O5. The van der Waals surface area contributed by atoms with Crippen LogP contribution in [0.3, 0.4) is 0 Å². The first-order valence-electron chi connectivity index (χ1n) is 5.35. The molecule has 0 fully saturated rings. The molecule has 0 unspecified atom stereocenters.